The summed E-state index contributed by atoms with van der Waals surface area (Å²) in [6, 6.07) is 5.81. The number of carbonyl (C=O) groups excluding carboxylic acids is 2. The van der Waals surface area contributed by atoms with E-state index in [9.17, 15) is 9.59 Å². The molecule has 1 aromatic carbocycles. The number of rotatable bonds is 7. The lowest BCUT2D eigenvalue weighted by molar-refractivity contribution is -0.118. The minimum atomic E-state index is -0.721. The van der Waals surface area contributed by atoms with Crippen LogP contribution in [0.4, 0.5) is 5.82 Å². The Bertz CT molecular complexity index is 763. The molecule has 1 aromatic heterocycles. The number of methoxy groups -OCH3 is 2. The van der Waals surface area contributed by atoms with Crippen molar-refractivity contribution in [3.8, 4) is 11.5 Å². The highest BCUT2D eigenvalue weighted by Crippen LogP contribution is 2.22. The van der Waals surface area contributed by atoms with Crippen LogP contribution < -0.4 is 20.1 Å². The van der Waals surface area contributed by atoms with Crippen LogP contribution in [-0.4, -0.2) is 41.9 Å². The van der Waals surface area contributed by atoms with Crippen molar-refractivity contribution in [1.29, 1.82) is 0 Å². The van der Waals surface area contributed by atoms with E-state index in [1.54, 1.807) is 42.2 Å². The zero-order chi connectivity index (χ0) is 19.3. The number of aryl methyl sites for hydroxylation is 1. The molecular formula is C18H24N4O4. The normalized spacial score (nSPS) is 11.8. The molecule has 0 aliphatic heterocycles. The summed E-state index contributed by atoms with van der Waals surface area (Å²) in [5.41, 5.74) is 0.345. The number of carbonyl (C=O) groups is 2. The van der Waals surface area contributed by atoms with Crippen LogP contribution in [0.3, 0.4) is 0 Å². The molecule has 0 spiro atoms. The van der Waals surface area contributed by atoms with Crippen LogP contribution in [-0.2, 0) is 11.8 Å². The minimum absolute atomic E-state index is 0.116. The van der Waals surface area contributed by atoms with Crippen LogP contribution >= 0.6 is 0 Å². The third-order valence-corrected chi connectivity index (χ3v) is 3.81. The molecule has 0 saturated carbocycles. The SMILES string of the molecule is COc1cc(OC)cc(C(=O)N[C@@H](C(=O)Nc2ccn(C)n2)C(C)C)c1. The number of nitrogens with zero attached hydrogens (tertiary/aromatic N) is 2. The molecule has 0 radical (unpaired) electrons. The van der Waals surface area contributed by atoms with Crippen molar-refractivity contribution in [2.24, 2.45) is 13.0 Å². The van der Waals surface area contributed by atoms with Gasteiger partial charge in [0.05, 0.1) is 14.2 Å². The predicted molar refractivity (Wildman–Crippen MR) is 97.5 cm³/mol. The van der Waals surface area contributed by atoms with Gasteiger partial charge in [0.15, 0.2) is 5.82 Å². The summed E-state index contributed by atoms with van der Waals surface area (Å²) in [7, 11) is 4.77. The maximum Gasteiger partial charge on any atom is 0.252 e. The van der Waals surface area contributed by atoms with Crippen LogP contribution in [0.2, 0.25) is 0 Å². The molecule has 2 amide bonds. The first kappa shape index (κ1) is 19.3. The van der Waals surface area contributed by atoms with E-state index in [1.165, 1.54) is 14.2 Å². The molecule has 0 fully saturated rings. The van der Waals surface area contributed by atoms with Crippen LogP contribution in [0.5, 0.6) is 11.5 Å². The summed E-state index contributed by atoms with van der Waals surface area (Å²) in [6.07, 6.45) is 1.72. The highest BCUT2D eigenvalue weighted by Gasteiger charge is 2.25. The van der Waals surface area contributed by atoms with Crippen molar-refractivity contribution >= 4 is 17.6 Å². The van der Waals surface area contributed by atoms with E-state index >= 15 is 0 Å². The van der Waals surface area contributed by atoms with E-state index < -0.39 is 11.9 Å². The Kier molecular flexibility index (Phi) is 6.21. The largest absolute Gasteiger partial charge is 0.497 e. The second kappa shape index (κ2) is 8.37. The number of amides is 2. The Balaban J connectivity index is 2.16. The van der Waals surface area contributed by atoms with Gasteiger partial charge in [-0.3, -0.25) is 14.3 Å². The van der Waals surface area contributed by atoms with E-state index in [0.29, 0.717) is 22.9 Å². The molecule has 2 aromatic rings. The van der Waals surface area contributed by atoms with Gasteiger partial charge in [0.1, 0.15) is 17.5 Å². The van der Waals surface area contributed by atoms with Crippen molar-refractivity contribution in [1.82, 2.24) is 15.1 Å². The summed E-state index contributed by atoms with van der Waals surface area (Å²) in [4.78, 5) is 25.2. The van der Waals surface area contributed by atoms with Gasteiger partial charge in [-0.1, -0.05) is 13.8 Å². The van der Waals surface area contributed by atoms with Crippen LogP contribution in [0, 0.1) is 5.92 Å². The third-order valence-electron chi connectivity index (χ3n) is 3.81. The summed E-state index contributed by atoms with van der Waals surface area (Å²) in [5, 5.41) is 9.59. The lowest BCUT2D eigenvalue weighted by Gasteiger charge is -2.21. The molecule has 0 aliphatic rings. The topological polar surface area (TPSA) is 94.5 Å². The van der Waals surface area contributed by atoms with Crippen molar-refractivity contribution in [2.45, 2.75) is 19.9 Å². The Hall–Kier alpha value is -3.03. The van der Waals surface area contributed by atoms with Gasteiger partial charge >= 0.3 is 0 Å². The standard InChI is InChI=1S/C18H24N4O4/c1-11(2)16(18(24)19-15-6-7-22(3)21-15)20-17(23)12-8-13(25-4)10-14(9-12)26-5/h6-11,16H,1-5H3,(H,20,23)(H,19,21,24)/t16-/m1/s1. The maximum atomic E-state index is 12.6. The monoisotopic (exact) mass is 360 g/mol. The van der Waals surface area contributed by atoms with Crippen LogP contribution in [0.15, 0.2) is 30.5 Å². The first-order valence-corrected chi connectivity index (χ1v) is 8.18. The number of hydrogen-bond acceptors (Lipinski definition) is 5. The number of ether oxygens (including phenoxy) is 2. The molecule has 140 valence electrons. The van der Waals surface area contributed by atoms with E-state index in [2.05, 4.69) is 15.7 Å². The second-order valence-corrected chi connectivity index (χ2v) is 6.16. The van der Waals surface area contributed by atoms with Gasteiger partial charge < -0.3 is 20.1 Å². The summed E-state index contributed by atoms with van der Waals surface area (Å²) >= 11 is 0. The molecule has 0 unspecified atom stereocenters. The van der Waals surface area contributed by atoms with E-state index in [0.717, 1.165) is 0 Å². The fourth-order valence-electron chi connectivity index (χ4n) is 2.38. The zero-order valence-electron chi connectivity index (χ0n) is 15.6. The van der Waals surface area contributed by atoms with E-state index in [1.807, 2.05) is 13.8 Å². The van der Waals surface area contributed by atoms with Gasteiger partial charge in [-0.15, -0.1) is 0 Å². The minimum Gasteiger partial charge on any atom is -0.497 e. The quantitative estimate of drug-likeness (QED) is 0.786. The maximum absolute atomic E-state index is 12.6. The van der Waals surface area contributed by atoms with Crippen molar-refractivity contribution < 1.29 is 19.1 Å². The lowest BCUT2D eigenvalue weighted by Crippen LogP contribution is -2.47. The van der Waals surface area contributed by atoms with Gasteiger partial charge in [0, 0.05) is 30.9 Å². The highest BCUT2D eigenvalue weighted by molar-refractivity contribution is 6.01. The van der Waals surface area contributed by atoms with Crippen molar-refractivity contribution in [3.05, 3.63) is 36.0 Å². The average Bonchev–Trinajstić information content (AvgIpc) is 3.03. The average molecular weight is 360 g/mol. The Labute approximate surface area is 152 Å². The molecule has 2 N–H and O–H groups in total. The molecule has 1 atom stereocenters. The molecule has 26 heavy (non-hydrogen) atoms. The van der Waals surface area contributed by atoms with E-state index in [-0.39, 0.29) is 11.8 Å². The van der Waals surface area contributed by atoms with Gasteiger partial charge in [-0.05, 0) is 18.1 Å². The summed E-state index contributed by atoms with van der Waals surface area (Å²) < 4.78 is 11.9. The van der Waals surface area contributed by atoms with Gasteiger partial charge in [-0.25, -0.2) is 0 Å². The van der Waals surface area contributed by atoms with Gasteiger partial charge in [0.2, 0.25) is 5.91 Å². The highest BCUT2D eigenvalue weighted by atomic mass is 16.5. The summed E-state index contributed by atoms with van der Waals surface area (Å²) in [6.45, 7) is 3.71. The predicted octanol–water partition coefficient (Wildman–Crippen LogP) is 1.83. The third kappa shape index (κ3) is 4.75. The molecule has 8 heteroatoms. The van der Waals surface area contributed by atoms with Gasteiger partial charge in [0.25, 0.3) is 5.91 Å². The fourth-order valence-corrected chi connectivity index (χ4v) is 2.38. The molecule has 0 saturated heterocycles. The van der Waals surface area contributed by atoms with Crippen molar-refractivity contribution in [2.75, 3.05) is 19.5 Å². The molecule has 0 bridgehead atoms. The smallest absolute Gasteiger partial charge is 0.252 e. The first-order chi connectivity index (χ1) is 12.3. The first-order valence-electron chi connectivity index (χ1n) is 8.18. The molecule has 0 aliphatic carbocycles. The Morgan fingerprint density at radius 2 is 1.73 bits per heavy atom. The fraction of sp³-hybridized carbons (Fsp3) is 0.389. The number of anilines is 1. The molecular weight excluding hydrogens is 336 g/mol. The molecule has 8 nitrogen and oxygen atoms in total. The number of aromatic nitrogens is 2. The van der Waals surface area contributed by atoms with Crippen LogP contribution in [0.25, 0.3) is 0 Å². The zero-order valence-corrected chi connectivity index (χ0v) is 15.6. The van der Waals surface area contributed by atoms with Crippen LogP contribution in [0.1, 0.15) is 24.2 Å². The summed E-state index contributed by atoms with van der Waals surface area (Å²) in [5.74, 6) is 0.580. The lowest BCUT2D eigenvalue weighted by atomic mass is 10.0. The van der Waals surface area contributed by atoms with E-state index in [4.69, 9.17) is 9.47 Å². The Morgan fingerprint density at radius 3 is 2.19 bits per heavy atom. The van der Waals surface area contributed by atoms with Crippen molar-refractivity contribution in [3.63, 3.8) is 0 Å². The molecule has 1 heterocycles. The molecule has 2 rings (SSSR count). The second-order valence-electron chi connectivity index (χ2n) is 6.16. The van der Waals surface area contributed by atoms with Gasteiger partial charge in [-0.2, -0.15) is 5.10 Å². The number of nitrogens with one attached hydrogen (secondary N) is 2. The Morgan fingerprint density at radius 1 is 1.12 bits per heavy atom. The number of hydrogen-bond donors (Lipinski definition) is 2. The number of benzene rings is 1.